The van der Waals surface area contributed by atoms with Crippen molar-refractivity contribution in [3.63, 3.8) is 0 Å². The molecule has 0 bridgehead atoms. The van der Waals surface area contributed by atoms with Crippen LogP contribution in [0, 0.1) is 5.82 Å². The highest BCUT2D eigenvalue weighted by Gasteiger charge is 2.32. The molecule has 3 rings (SSSR count). The molecule has 3 atom stereocenters. The van der Waals surface area contributed by atoms with Gasteiger partial charge in [-0.1, -0.05) is 19.1 Å². The first-order chi connectivity index (χ1) is 11.7. The van der Waals surface area contributed by atoms with Gasteiger partial charge in [0.15, 0.2) is 17.7 Å². The highest BCUT2D eigenvalue weighted by Crippen LogP contribution is 2.22. The second kappa shape index (κ2) is 7.94. The van der Waals surface area contributed by atoms with Crippen molar-refractivity contribution in [1.82, 2.24) is 10.2 Å². The maximum atomic E-state index is 13.7. The Morgan fingerprint density at radius 3 is 3.12 bits per heavy atom. The number of hydrogen-bond acceptors (Lipinski definition) is 4. The Labute approximate surface area is 142 Å². The molecule has 2 fully saturated rings. The van der Waals surface area contributed by atoms with Gasteiger partial charge in [0.2, 0.25) is 0 Å². The number of nitrogens with zero attached hydrogens (tertiary/aromatic N) is 1. The number of hydrogen-bond donors (Lipinski definition) is 1. The van der Waals surface area contributed by atoms with Crippen LogP contribution in [-0.2, 0) is 9.53 Å². The SMILES string of the molecule is CC[C@H](Oc1ccccc1F)C(=O)NC[C@@H]1CN2CCC[C@H]2CO1. The standard InChI is InChI=1S/C18H25FN2O3/c1-2-16(24-17-8-4-3-7-15(17)19)18(22)20-10-14-11-21-9-5-6-13(21)12-23-14/h3-4,7-8,13-14,16H,2,5-6,9-12H2,1H3,(H,20,22)/t13-,14+,16-/m0/s1. The first-order valence-corrected chi connectivity index (χ1v) is 8.72. The minimum Gasteiger partial charge on any atom is -0.478 e. The molecule has 0 unspecified atom stereocenters. The number of fused-ring (bicyclic) bond motifs is 1. The van der Waals surface area contributed by atoms with Gasteiger partial charge in [0.1, 0.15) is 0 Å². The third-order valence-electron chi connectivity index (χ3n) is 4.73. The van der Waals surface area contributed by atoms with Crippen molar-refractivity contribution < 1.29 is 18.7 Å². The molecule has 0 saturated carbocycles. The Kier molecular flexibility index (Phi) is 5.68. The number of carbonyl (C=O) groups is 1. The molecule has 2 heterocycles. The maximum absolute atomic E-state index is 13.7. The van der Waals surface area contributed by atoms with Crippen molar-refractivity contribution in [1.29, 1.82) is 0 Å². The van der Waals surface area contributed by atoms with E-state index in [0.717, 1.165) is 19.7 Å². The summed E-state index contributed by atoms with van der Waals surface area (Å²) in [5.41, 5.74) is 0. The van der Waals surface area contributed by atoms with E-state index in [1.165, 1.54) is 25.0 Å². The van der Waals surface area contributed by atoms with Gasteiger partial charge in [0.25, 0.3) is 5.91 Å². The fourth-order valence-electron chi connectivity index (χ4n) is 3.35. The first-order valence-electron chi connectivity index (χ1n) is 8.72. The normalized spacial score (nSPS) is 25.1. The van der Waals surface area contributed by atoms with Crippen molar-refractivity contribution in [2.24, 2.45) is 0 Å². The number of para-hydroxylation sites is 1. The number of ether oxygens (including phenoxy) is 2. The van der Waals surface area contributed by atoms with Crippen LogP contribution in [0.15, 0.2) is 24.3 Å². The topological polar surface area (TPSA) is 50.8 Å². The van der Waals surface area contributed by atoms with Crippen LogP contribution in [0.2, 0.25) is 0 Å². The van der Waals surface area contributed by atoms with Crippen molar-refractivity contribution in [2.75, 3.05) is 26.2 Å². The molecule has 0 aliphatic carbocycles. The summed E-state index contributed by atoms with van der Waals surface area (Å²) in [6.45, 7) is 5.02. The molecule has 5 nitrogen and oxygen atoms in total. The zero-order valence-electron chi connectivity index (χ0n) is 14.0. The lowest BCUT2D eigenvalue weighted by Gasteiger charge is -2.35. The molecule has 1 N–H and O–H groups in total. The van der Waals surface area contributed by atoms with E-state index in [9.17, 15) is 9.18 Å². The monoisotopic (exact) mass is 336 g/mol. The van der Waals surface area contributed by atoms with Crippen molar-refractivity contribution in [3.05, 3.63) is 30.1 Å². The van der Waals surface area contributed by atoms with Crippen LogP contribution in [-0.4, -0.2) is 55.3 Å². The van der Waals surface area contributed by atoms with Crippen LogP contribution in [0.4, 0.5) is 4.39 Å². The smallest absolute Gasteiger partial charge is 0.261 e. The van der Waals surface area contributed by atoms with Crippen LogP contribution in [0.1, 0.15) is 26.2 Å². The average Bonchev–Trinajstić information content (AvgIpc) is 3.06. The van der Waals surface area contributed by atoms with E-state index in [0.29, 0.717) is 19.0 Å². The number of rotatable bonds is 6. The van der Waals surface area contributed by atoms with Gasteiger partial charge in [0, 0.05) is 19.1 Å². The highest BCUT2D eigenvalue weighted by molar-refractivity contribution is 5.81. The van der Waals surface area contributed by atoms with E-state index in [1.807, 2.05) is 6.92 Å². The fraction of sp³-hybridized carbons (Fsp3) is 0.611. The van der Waals surface area contributed by atoms with Gasteiger partial charge in [-0.05, 0) is 37.9 Å². The molecule has 1 aromatic carbocycles. The Balaban J connectivity index is 1.49. The third-order valence-corrected chi connectivity index (χ3v) is 4.73. The molecule has 2 saturated heterocycles. The predicted molar refractivity (Wildman–Crippen MR) is 88.5 cm³/mol. The van der Waals surface area contributed by atoms with Gasteiger partial charge in [-0.25, -0.2) is 4.39 Å². The molecule has 132 valence electrons. The second-order valence-corrected chi connectivity index (χ2v) is 6.44. The summed E-state index contributed by atoms with van der Waals surface area (Å²) in [6, 6.07) is 6.68. The second-order valence-electron chi connectivity index (χ2n) is 6.44. The maximum Gasteiger partial charge on any atom is 0.261 e. The molecular formula is C18H25FN2O3. The molecule has 2 aliphatic heterocycles. The van der Waals surface area contributed by atoms with Crippen molar-refractivity contribution >= 4 is 5.91 Å². The van der Waals surface area contributed by atoms with Crippen LogP contribution in [0.5, 0.6) is 5.75 Å². The summed E-state index contributed by atoms with van der Waals surface area (Å²) in [5, 5.41) is 2.88. The third kappa shape index (κ3) is 4.05. The Bertz CT molecular complexity index is 569. The predicted octanol–water partition coefficient (Wildman–Crippen LogP) is 1.96. The zero-order valence-corrected chi connectivity index (χ0v) is 14.0. The molecule has 2 aliphatic rings. The number of nitrogens with one attached hydrogen (secondary N) is 1. The molecule has 24 heavy (non-hydrogen) atoms. The summed E-state index contributed by atoms with van der Waals surface area (Å²) >= 11 is 0. The summed E-state index contributed by atoms with van der Waals surface area (Å²) in [7, 11) is 0. The van der Waals surface area contributed by atoms with E-state index in [1.54, 1.807) is 12.1 Å². The molecule has 1 aromatic rings. The van der Waals surface area contributed by atoms with Gasteiger partial charge >= 0.3 is 0 Å². The molecule has 0 aromatic heterocycles. The zero-order chi connectivity index (χ0) is 16.9. The van der Waals surface area contributed by atoms with E-state index in [2.05, 4.69) is 10.2 Å². The number of amides is 1. The molecule has 1 amide bonds. The number of benzene rings is 1. The minimum absolute atomic E-state index is 0.00858. The van der Waals surface area contributed by atoms with Gasteiger partial charge < -0.3 is 14.8 Å². The minimum atomic E-state index is -0.704. The molecule has 6 heteroatoms. The van der Waals surface area contributed by atoms with E-state index in [-0.39, 0.29) is 17.8 Å². The Morgan fingerprint density at radius 2 is 2.33 bits per heavy atom. The lowest BCUT2D eigenvalue weighted by atomic mass is 10.2. The van der Waals surface area contributed by atoms with Gasteiger partial charge in [-0.15, -0.1) is 0 Å². The number of halogens is 1. The van der Waals surface area contributed by atoms with Gasteiger partial charge in [-0.2, -0.15) is 0 Å². The lowest BCUT2D eigenvalue weighted by molar-refractivity contribution is -0.129. The largest absolute Gasteiger partial charge is 0.478 e. The van der Waals surface area contributed by atoms with Crippen molar-refractivity contribution in [2.45, 2.75) is 44.4 Å². The molecule has 0 radical (unpaired) electrons. The van der Waals surface area contributed by atoms with Crippen LogP contribution >= 0.6 is 0 Å². The molecular weight excluding hydrogens is 311 g/mol. The quantitative estimate of drug-likeness (QED) is 0.863. The van der Waals surface area contributed by atoms with Crippen LogP contribution < -0.4 is 10.1 Å². The van der Waals surface area contributed by atoms with Crippen molar-refractivity contribution in [3.8, 4) is 5.75 Å². The summed E-state index contributed by atoms with van der Waals surface area (Å²) < 4.78 is 25.0. The van der Waals surface area contributed by atoms with Gasteiger partial charge in [-0.3, -0.25) is 9.69 Å². The van der Waals surface area contributed by atoms with Crippen LogP contribution in [0.3, 0.4) is 0 Å². The summed E-state index contributed by atoms with van der Waals surface area (Å²) in [4.78, 5) is 14.8. The first kappa shape index (κ1) is 17.2. The Morgan fingerprint density at radius 1 is 1.50 bits per heavy atom. The lowest BCUT2D eigenvalue weighted by Crippen LogP contribution is -2.51. The average molecular weight is 336 g/mol. The fourth-order valence-corrected chi connectivity index (χ4v) is 3.35. The van der Waals surface area contributed by atoms with Gasteiger partial charge in [0.05, 0.1) is 12.7 Å². The highest BCUT2D eigenvalue weighted by atomic mass is 19.1. The van der Waals surface area contributed by atoms with Crippen LogP contribution in [0.25, 0.3) is 0 Å². The molecule has 0 spiro atoms. The Hall–Kier alpha value is -1.66. The number of morpholine rings is 1. The van der Waals surface area contributed by atoms with E-state index in [4.69, 9.17) is 9.47 Å². The number of carbonyl (C=O) groups excluding carboxylic acids is 1. The van der Waals surface area contributed by atoms with E-state index < -0.39 is 11.9 Å². The summed E-state index contributed by atoms with van der Waals surface area (Å²) in [6.07, 6.45) is 2.20. The van der Waals surface area contributed by atoms with E-state index >= 15 is 0 Å². The summed E-state index contributed by atoms with van der Waals surface area (Å²) in [5.74, 6) is -0.583.